The summed E-state index contributed by atoms with van der Waals surface area (Å²) in [4.78, 5) is 23.0. The lowest BCUT2D eigenvalue weighted by atomic mass is 9.95. The van der Waals surface area contributed by atoms with Crippen molar-refractivity contribution >= 4 is 11.9 Å². The Balaban J connectivity index is 4.94. The van der Waals surface area contributed by atoms with Gasteiger partial charge in [0.05, 0.1) is 26.4 Å². The summed E-state index contributed by atoms with van der Waals surface area (Å²) in [7, 11) is 0. The lowest BCUT2D eigenvalue weighted by molar-refractivity contribution is -0.162. The van der Waals surface area contributed by atoms with E-state index in [1.54, 1.807) is 0 Å². The van der Waals surface area contributed by atoms with Crippen molar-refractivity contribution < 1.29 is 39.5 Å². The number of ether oxygens (including phenoxy) is 2. The van der Waals surface area contributed by atoms with Crippen LogP contribution in [0.4, 0.5) is 0 Å². The first-order valence-electron chi connectivity index (χ1n) is 6.07. The van der Waals surface area contributed by atoms with Gasteiger partial charge in [-0.25, -0.2) is 9.59 Å². The SMILES string of the molecule is C=C(C)C(=O)OCOC(=O)C(=C(CO)CO)C(CO)CO. The van der Waals surface area contributed by atoms with E-state index in [9.17, 15) is 9.59 Å². The minimum Gasteiger partial charge on any atom is -0.425 e. The van der Waals surface area contributed by atoms with Crippen molar-refractivity contribution in [2.45, 2.75) is 6.92 Å². The molecule has 120 valence electrons. The second-order valence-electron chi connectivity index (χ2n) is 4.16. The van der Waals surface area contributed by atoms with Crippen LogP contribution in [0.1, 0.15) is 6.92 Å². The number of esters is 2. The quantitative estimate of drug-likeness (QED) is 0.229. The summed E-state index contributed by atoms with van der Waals surface area (Å²) >= 11 is 0. The molecule has 0 heterocycles. The molecule has 8 nitrogen and oxygen atoms in total. The molecule has 0 bridgehead atoms. The molecule has 0 saturated carbocycles. The molecule has 0 amide bonds. The van der Waals surface area contributed by atoms with Gasteiger partial charge in [-0.15, -0.1) is 0 Å². The maximum atomic E-state index is 11.9. The molecule has 0 saturated heterocycles. The Labute approximate surface area is 121 Å². The van der Waals surface area contributed by atoms with Crippen molar-refractivity contribution in [1.82, 2.24) is 0 Å². The number of hydrogen-bond acceptors (Lipinski definition) is 8. The van der Waals surface area contributed by atoms with E-state index in [-0.39, 0.29) is 16.7 Å². The first-order valence-corrected chi connectivity index (χ1v) is 6.07. The highest BCUT2D eigenvalue weighted by atomic mass is 16.7. The molecule has 0 aromatic heterocycles. The zero-order chi connectivity index (χ0) is 16.4. The summed E-state index contributed by atoms with van der Waals surface area (Å²) in [5, 5.41) is 36.4. The van der Waals surface area contributed by atoms with Gasteiger partial charge in [0.15, 0.2) is 0 Å². The van der Waals surface area contributed by atoms with Gasteiger partial charge < -0.3 is 29.9 Å². The Morgan fingerprint density at radius 2 is 1.48 bits per heavy atom. The highest BCUT2D eigenvalue weighted by molar-refractivity contribution is 5.90. The highest BCUT2D eigenvalue weighted by Crippen LogP contribution is 2.17. The third kappa shape index (κ3) is 6.05. The van der Waals surface area contributed by atoms with Crippen LogP contribution < -0.4 is 0 Å². The maximum absolute atomic E-state index is 11.9. The van der Waals surface area contributed by atoms with Gasteiger partial charge in [0, 0.05) is 17.1 Å². The molecule has 0 aliphatic carbocycles. The van der Waals surface area contributed by atoms with E-state index in [0.29, 0.717) is 0 Å². The molecular weight excluding hydrogens is 284 g/mol. The molecular formula is C13H20O8. The Morgan fingerprint density at radius 1 is 1.00 bits per heavy atom. The number of hydrogen-bond donors (Lipinski definition) is 4. The van der Waals surface area contributed by atoms with Crippen molar-refractivity contribution in [2.24, 2.45) is 5.92 Å². The van der Waals surface area contributed by atoms with Gasteiger partial charge in [-0.2, -0.15) is 0 Å². The van der Waals surface area contributed by atoms with Gasteiger partial charge in [-0.3, -0.25) is 0 Å². The molecule has 0 fully saturated rings. The van der Waals surface area contributed by atoms with Crippen LogP contribution in [0, 0.1) is 5.92 Å². The predicted octanol–water partition coefficient (Wildman–Crippen LogP) is -1.51. The topological polar surface area (TPSA) is 134 Å². The lowest BCUT2D eigenvalue weighted by Crippen LogP contribution is -2.26. The zero-order valence-corrected chi connectivity index (χ0v) is 11.7. The third-order valence-corrected chi connectivity index (χ3v) is 2.56. The van der Waals surface area contributed by atoms with Gasteiger partial charge in [0.2, 0.25) is 6.79 Å². The van der Waals surface area contributed by atoms with Crippen molar-refractivity contribution in [2.75, 3.05) is 33.2 Å². The van der Waals surface area contributed by atoms with Crippen LogP contribution in [-0.2, 0) is 19.1 Å². The molecule has 0 unspecified atom stereocenters. The zero-order valence-electron chi connectivity index (χ0n) is 11.7. The fraction of sp³-hybridized carbons (Fsp3) is 0.538. The minimum absolute atomic E-state index is 0.0978. The van der Waals surface area contributed by atoms with Gasteiger partial charge in [-0.05, 0) is 12.5 Å². The van der Waals surface area contributed by atoms with Crippen molar-refractivity contribution in [1.29, 1.82) is 0 Å². The Hall–Kier alpha value is -1.74. The van der Waals surface area contributed by atoms with E-state index in [0.717, 1.165) is 0 Å². The maximum Gasteiger partial charge on any atom is 0.337 e. The average Bonchev–Trinajstić information content (AvgIpc) is 2.47. The molecule has 0 spiro atoms. The minimum atomic E-state index is -1.02. The van der Waals surface area contributed by atoms with Crippen LogP contribution in [0.2, 0.25) is 0 Å². The number of aliphatic hydroxyl groups is 4. The second kappa shape index (κ2) is 10.1. The van der Waals surface area contributed by atoms with Crippen LogP contribution in [0.3, 0.4) is 0 Å². The van der Waals surface area contributed by atoms with Gasteiger partial charge in [0.1, 0.15) is 0 Å². The van der Waals surface area contributed by atoms with E-state index < -0.39 is 51.1 Å². The first kappa shape index (κ1) is 19.3. The summed E-state index contributed by atoms with van der Waals surface area (Å²) in [6.07, 6.45) is 0. The number of carbonyl (C=O) groups is 2. The monoisotopic (exact) mass is 304 g/mol. The Morgan fingerprint density at radius 3 is 1.86 bits per heavy atom. The highest BCUT2D eigenvalue weighted by Gasteiger charge is 2.25. The van der Waals surface area contributed by atoms with E-state index in [1.807, 2.05) is 0 Å². The van der Waals surface area contributed by atoms with Crippen molar-refractivity contribution in [3.05, 3.63) is 23.3 Å². The smallest absolute Gasteiger partial charge is 0.337 e. The predicted molar refractivity (Wildman–Crippen MR) is 70.7 cm³/mol. The molecule has 0 aliphatic rings. The van der Waals surface area contributed by atoms with Crippen LogP contribution in [0.5, 0.6) is 0 Å². The summed E-state index contributed by atoms with van der Waals surface area (Å²) in [5.74, 6) is -2.79. The van der Waals surface area contributed by atoms with Gasteiger partial charge in [-0.1, -0.05) is 6.58 Å². The Kier molecular flexibility index (Phi) is 9.22. The van der Waals surface area contributed by atoms with Crippen LogP contribution in [-0.4, -0.2) is 65.6 Å². The molecule has 21 heavy (non-hydrogen) atoms. The fourth-order valence-electron chi connectivity index (χ4n) is 1.40. The lowest BCUT2D eigenvalue weighted by Gasteiger charge is -2.18. The molecule has 0 rings (SSSR count). The molecule has 4 N–H and O–H groups in total. The van der Waals surface area contributed by atoms with E-state index in [4.69, 9.17) is 20.4 Å². The molecule has 0 aromatic rings. The van der Waals surface area contributed by atoms with Gasteiger partial charge >= 0.3 is 11.9 Å². The van der Waals surface area contributed by atoms with Crippen molar-refractivity contribution in [3.8, 4) is 0 Å². The van der Waals surface area contributed by atoms with Crippen LogP contribution >= 0.6 is 0 Å². The molecule has 0 radical (unpaired) electrons. The molecule has 0 atom stereocenters. The largest absolute Gasteiger partial charge is 0.425 e. The Bertz CT molecular complexity index is 402. The molecule has 8 heteroatoms. The summed E-state index contributed by atoms with van der Waals surface area (Å²) in [5.41, 5.74) is -0.229. The number of aliphatic hydroxyl groups excluding tert-OH is 4. The molecule has 0 aliphatic heterocycles. The van der Waals surface area contributed by atoms with E-state index in [1.165, 1.54) is 6.92 Å². The summed E-state index contributed by atoms with van der Waals surface area (Å²) in [6, 6.07) is 0. The van der Waals surface area contributed by atoms with Crippen LogP contribution in [0.25, 0.3) is 0 Å². The normalized spacial score (nSPS) is 10.2. The first-order chi connectivity index (χ1) is 9.92. The summed E-state index contributed by atoms with van der Waals surface area (Å²) in [6.45, 7) is 1.59. The van der Waals surface area contributed by atoms with Crippen molar-refractivity contribution in [3.63, 3.8) is 0 Å². The standard InChI is InChI=1S/C13H20O8/c1-8(2)12(18)20-7-21-13(19)11(9(3-14)4-15)10(5-16)6-17/h9,14-17H,1,3-7H2,2H3. The van der Waals surface area contributed by atoms with E-state index >= 15 is 0 Å². The second-order valence-corrected chi connectivity index (χ2v) is 4.16. The number of carbonyl (C=O) groups excluding carboxylic acids is 2. The van der Waals surface area contributed by atoms with Gasteiger partial charge in [0.25, 0.3) is 0 Å². The van der Waals surface area contributed by atoms with Crippen LogP contribution in [0.15, 0.2) is 23.3 Å². The molecule has 0 aromatic carbocycles. The number of rotatable bonds is 9. The fourth-order valence-corrected chi connectivity index (χ4v) is 1.40. The average molecular weight is 304 g/mol. The summed E-state index contributed by atoms with van der Waals surface area (Å²) < 4.78 is 9.23. The van der Waals surface area contributed by atoms with E-state index in [2.05, 4.69) is 16.1 Å². The third-order valence-electron chi connectivity index (χ3n) is 2.56.